The molecule has 0 aliphatic carbocycles. The van der Waals surface area contributed by atoms with Crippen molar-refractivity contribution in [2.24, 2.45) is 0 Å². The smallest absolute Gasteiger partial charge is 0.227 e. The van der Waals surface area contributed by atoms with Gasteiger partial charge in [-0.15, -0.1) is 0 Å². The quantitative estimate of drug-likeness (QED) is 0.680. The van der Waals surface area contributed by atoms with Crippen LogP contribution in [-0.2, 0) is 0 Å². The predicted octanol–water partition coefficient (Wildman–Crippen LogP) is 3.41. The zero-order valence-electron chi connectivity index (χ0n) is 10.4. The van der Waals surface area contributed by atoms with Crippen molar-refractivity contribution < 1.29 is 18.3 Å². The van der Waals surface area contributed by atoms with Crippen LogP contribution in [0.15, 0.2) is 40.8 Å². The molecule has 2 aromatic carbocycles. The van der Waals surface area contributed by atoms with Gasteiger partial charge in [-0.3, -0.25) is 0 Å². The van der Waals surface area contributed by atoms with E-state index in [9.17, 15) is 4.39 Å². The molecule has 1 aromatic heterocycles. The summed E-state index contributed by atoms with van der Waals surface area (Å²) in [7, 11) is 0. The van der Waals surface area contributed by atoms with Gasteiger partial charge in [0.1, 0.15) is 24.5 Å². The molecule has 0 bridgehead atoms. The van der Waals surface area contributed by atoms with Gasteiger partial charge in [0.25, 0.3) is 0 Å². The molecule has 1 aliphatic rings. The topological polar surface area (TPSA) is 44.5 Å². The average Bonchev–Trinajstić information content (AvgIpc) is 2.88. The van der Waals surface area contributed by atoms with Crippen molar-refractivity contribution >= 4 is 11.1 Å². The average molecular weight is 271 g/mol. The van der Waals surface area contributed by atoms with Crippen LogP contribution in [0, 0.1) is 5.82 Å². The molecule has 20 heavy (non-hydrogen) atoms. The van der Waals surface area contributed by atoms with Crippen molar-refractivity contribution in [3.05, 3.63) is 42.2 Å². The minimum Gasteiger partial charge on any atom is -0.486 e. The maximum Gasteiger partial charge on any atom is 0.227 e. The lowest BCUT2D eigenvalue weighted by atomic mass is 10.2. The standard InChI is InChI=1S/C15H10FNO3/c16-10-3-1-9(2-4-10)15-17-11-7-13-14(8-12(11)20-15)19-6-5-18-13/h1-4,7-8H,5-6H2. The van der Waals surface area contributed by atoms with Gasteiger partial charge in [0.05, 0.1) is 0 Å². The number of halogens is 1. The zero-order chi connectivity index (χ0) is 13.5. The summed E-state index contributed by atoms with van der Waals surface area (Å²) in [6.07, 6.45) is 0. The van der Waals surface area contributed by atoms with Crippen LogP contribution in [0.25, 0.3) is 22.6 Å². The van der Waals surface area contributed by atoms with Gasteiger partial charge in [0, 0.05) is 17.7 Å². The second kappa shape index (κ2) is 4.23. The molecule has 1 aliphatic heterocycles. The maximum absolute atomic E-state index is 12.9. The van der Waals surface area contributed by atoms with E-state index in [1.807, 2.05) is 0 Å². The summed E-state index contributed by atoms with van der Waals surface area (Å²) in [5, 5.41) is 0. The fourth-order valence-corrected chi connectivity index (χ4v) is 2.18. The second-order valence-corrected chi connectivity index (χ2v) is 4.49. The van der Waals surface area contributed by atoms with Crippen LogP contribution in [0.3, 0.4) is 0 Å². The lowest BCUT2D eigenvalue weighted by molar-refractivity contribution is 0.172. The lowest BCUT2D eigenvalue weighted by Crippen LogP contribution is -2.15. The largest absolute Gasteiger partial charge is 0.486 e. The van der Waals surface area contributed by atoms with Crippen LogP contribution in [-0.4, -0.2) is 18.2 Å². The highest BCUT2D eigenvalue weighted by molar-refractivity contribution is 5.80. The molecule has 0 fully saturated rings. The van der Waals surface area contributed by atoms with E-state index >= 15 is 0 Å². The van der Waals surface area contributed by atoms with Gasteiger partial charge in [-0.25, -0.2) is 9.37 Å². The van der Waals surface area contributed by atoms with E-state index in [1.54, 1.807) is 24.3 Å². The van der Waals surface area contributed by atoms with Crippen molar-refractivity contribution in [2.75, 3.05) is 13.2 Å². The van der Waals surface area contributed by atoms with E-state index in [0.717, 1.165) is 5.56 Å². The summed E-state index contributed by atoms with van der Waals surface area (Å²) < 4.78 is 29.6. The SMILES string of the molecule is Fc1ccc(-c2nc3cc4c(cc3o2)OCCO4)cc1. The summed E-state index contributed by atoms with van der Waals surface area (Å²) >= 11 is 0. The van der Waals surface area contributed by atoms with E-state index in [2.05, 4.69) is 4.98 Å². The van der Waals surface area contributed by atoms with Gasteiger partial charge in [0.2, 0.25) is 5.89 Å². The molecule has 2 heterocycles. The molecule has 0 saturated carbocycles. The van der Waals surface area contributed by atoms with E-state index in [4.69, 9.17) is 13.9 Å². The Balaban J connectivity index is 1.84. The molecule has 100 valence electrons. The van der Waals surface area contributed by atoms with Crippen LogP contribution in [0.1, 0.15) is 0 Å². The Morgan fingerprint density at radius 1 is 0.950 bits per heavy atom. The van der Waals surface area contributed by atoms with Crippen molar-refractivity contribution in [1.82, 2.24) is 4.98 Å². The summed E-state index contributed by atoms with van der Waals surface area (Å²) in [5.74, 6) is 1.48. The Bertz CT molecular complexity index is 737. The summed E-state index contributed by atoms with van der Waals surface area (Å²) in [6, 6.07) is 9.58. The van der Waals surface area contributed by atoms with Crippen molar-refractivity contribution in [3.8, 4) is 23.0 Å². The number of benzene rings is 2. The fraction of sp³-hybridized carbons (Fsp3) is 0.133. The maximum atomic E-state index is 12.9. The van der Waals surface area contributed by atoms with Crippen LogP contribution in [0.4, 0.5) is 4.39 Å². The molecule has 0 saturated heterocycles. The van der Waals surface area contributed by atoms with Crippen molar-refractivity contribution in [1.29, 1.82) is 0 Å². The van der Waals surface area contributed by atoms with Crippen LogP contribution < -0.4 is 9.47 Å². The van der Waals surface area contributed by atoms with Gasteiger partial charge in [-0.1, -0.05) is 0 Å². The first-order chi connectivity index (χ1) is 9.79. The van der Waals surface area contributed by atoms with Crippen LogP contribution in [0.5, 0.6) is 11.5 Å². The molecule has 4 rings (SSSR count). The van der Waals surface area contributed by atoms with Gasteiger partial charge >= 0.3 is 0 Å². The zero-order valence-corrected chi connectivity index (χ0v) is 10.4. The molecule has 3 aromatic rings. The second-order valence-electron chi connectivity index (χ2n) is 4.49. The van der Waals surface area contributed by atoms with Gasteiger partial charge in [0.15, 0.2) is 17.1 Å². The predicted molar refractivity (Wildman–Crippen MR) is 70.4 cm³/mol. The Hall–Kier alpha value is -2.56. The first kappa shape index (κ1) is 11.3. The molecule has 0 radical (unpaired) electrons. The monoisotopic (exact) mass is 271 g/mol. The first-order valence-electron chi connectivity index (χ1n) is 6.26. The number of rotatable bonds is 1. The highest BCUT2D eigenvalue weighted by atomic mass is 19.1. The van der Waals surface area contributed by atoms with Gasteiger partial charge < -0.3 is 13.9 Å². The molecule has 0 atom stereocenters. The van der Waals surface area contributed by atoms with E-state index in [0.29, 0.717) is 41.7 Å². The third-order valence-corrected chi connectivity index (χ3v) is 3.14. The third kappa shape index (κ3) is 1.79. The Kier molecular flexibility index (Phi) is 2.39. The summed E-state index contributed by atoms with van der Waals surface area (Å²) in [5.41, 5.74) is 2.03. The highest BCUT2D eigenvalue weighted by Crippen LogP contribution is 2.36. The number of nitrogens with zero attached hydrogens (tertiary/aromatic N) is 1. The molecule has 4 nitrogen and oxygen atoms in total. The van der Waals surface area contributed by atoms with Crippen LogP contribution in [0.2, 0.25) is 0 Å². The number of hydrogen-bond acceptors (Lipinski definition) is 4. The fourth-order valence-electron chi connectivity index (χ4n) is 2.18. The lowest BCUT2D eigenvalue weighted by Gasteiger charge is -2.17. The molecule has 0 unspecified atom stereocenters. The van der Waals surface area contributed by atoms with Crippen molar-refractivity contribution in [3.63, 3.8) is 0 Å². The van der Waals surface area contributed by atoms with Gasteiger partial charge in [-0.2, -0.15) is 0 Å². The van der Waals surface area contributed by atoms with E-state index in [1.165, 1.54) is 12.1 Å². The Morgan fingerprint density at radius 3 is 2.40 bits per heavy atom. The summed E-state index contributed by atoms with van der Waals surface area (Å²) in [6.45, 7) is 1.05. The van der Waals surface area contributed by atoms with E-state index in [-0.39, 0.29) is 5.82 Å². The normalized spacial score (nSPS) is 13.7. The number of fused-ring (bicyclic) bond motifs is 2. The number of oxazole rings is 1. The van der Waals surface area contributed by atoms with Crippen LogP contribution >= 0.6 is 0 Å². The molecular formula is C15H10FNO3. The molecular weight excluding hydrogens is 261 g/mol. The Morgan fingerprint density at radius 2 is 1.65 bits per heavy atom. The Labute approximate surface area is 113 Å². The minimum atomic E-state index is -0.290. The number of hydrogen-bond donors (Lipinski definition) is 0. The van der Waals surface area contributed by atoms with Gasteiger partial charge in [-0.05, 0) is 24.3 Å². The molecule has 0 amide bonds. The number of ether oxygens (including phenoxy) is 2. The number of aromatic nitrogens is 1. The van der Waals surface area contributed by atoms with E-state index < -0.39 is 0 Å². The van der Waals surface area contributed by atoms with Crippen molar-refractivity contribution in [2.45, 2.75) is 0 Å². The minimum absolute atomic E-state index is 0.290. The highest BCUT2D eigenvalue weighted by Gasteiger charge is 2.16. The molecule has 0 spiro atoms. The third-order valence-electron chi connectivity index (χ3n) is 3.14. The summed E-state index contributed by atoms with van der Waals surface area (Å²) in [4.78, 5) is 4.40. The molecule has 5 heteroatoms. The first-order valence-corrected chi connectivity index (χ1v) is 6.26. The molecule has 0 N–H and O–H groups in total.